The molecule has 1 aromatic carbocycles. The molecule has 2 aromatic rings. The molecular weight excluding hydrogens is 459 g/mol. The van der Waals surface area contributed by atoms with Crippen molar-refractivity contribution in [3.05, 3.63) is 35.3 Å². The van der Waals surface area contributed by atoms with Crippen molar-refractivity contribution in [3.8, 4) is 0 Å². The summed E-state index contributed by atoms with van der Waals surface area (Å²) in [5.41, 5.74) is 1.11. The van der Waals surface area contributed by atoms with Gasteiger partial charge in [-0.2, -0.15) is 5.10 Å². The molecule has 1 saturated carbocycles. The Bertz CT molecular complexity index is 1200. The van der Waals surface area contributed by atoms with Gasteiger partial charge in [0.05, 0.1) is 27.6 Å². The summed E-state index contributed by atoms with van der Waals surface area (Å²) in [6.45, 7) is 9.77. The van der Waals surface area contributed by atoms with E-state index in [2.05, 4.69) is 10.6 Å². The first kappa shape index (κ1) is 24.5. The lowest BCUT2D eigenvalue weighted by atomic mass is 10.0. The fourth-order valence-electron chi connectivity index (χ4n) is 4.69. The fourth-order valence-corrected chi connectivity index (χ4v) is 6.23. The zero-order valence-electron chi connectivity index (χ0n) is 20.3. The second-order valence-electron chi connectivity index (χ2n) is 10.5. The van der Waals surface area contributed by atoms with Gasteiger partial charge in [0.15, 0.2) is 9.84 Å². The van der Waals surface area contributed by atoms with Gasteiger partial charge in [0.25, 0.3) is 0 Å². The standard InChI is InChI=1S/C24H33FN4O4S/c1-14(2)26-23(30)33-16-7-6-15(12-16)19-13-21(29(28-19)24(3,4)5)27-22-17-10-11-34(31,32)20(17)9-8-18(22)25/h8-9,13-16,27H,6-7,10-12H2,1-5H3,(H,26,30)/t15-,16+/m0/s1. The molecule has 2 aliphatic rings. The summed E-state index contributed by atoms with van der Waals surface area (Å²) in [6, 6.07) is 4.45. The van der Waals surface area contributed by atoms with Gasteiger partial charge in [0.2, 0.25) is 0 Å². The van der Waals surface area contributed by atoms with E-state index in [1.165, 1.54) is 12.1 Å². The molecule has 1 aliphatic heterocycles. The maximum Gasteiger partial charge on any atom is 0.407 e. The number of benzene rings is 1. The minimum atomic E-state index is -3.38. The van der Waals surface area contributed by atoms with Crippen LogP contribution >= 0.6 is 0 Å². The molecular formula is C24H33FN4O4S. The number of hydrogen-bond acceptors (Lipinski definition) is 6. The number of nitrogens with zero attached hydrogens (tertiary/aromatic N) is 2. The van der Waals surface area contributed by atoms with Gasteiger partial charge in [0.1, 0.15) is 17.7 Å². The van der Waals surface area contributed by atoms with Crippen molar-refractivity contribution in [2.75, 3.05) is 11.1 Å². The number of alkyl carbamates (subject to hydrolysis) is 1. The first-order chi connectivity index (χ1) is 15.8. The summed E-state index contributed by atoms with van der Waals surface area (Å²) < 4.78 is 46.9. The maximum absolute atomic E-state index is 14.8. The second kappa shape index (κ2) is 8.87. The molecule has 186 valence electrons. The SMILES string of the molecule is CC(C)NC(=O)O[C@@H]1CC[C@H](c2cc(Nc3c(F)ccc4c3CCS4(=O)=O)n(C(C)(C)C)n2)C1. The lowest BCUT2D eigenvalue weighted by Crippen LogP contribution is -2.33. The summed E-state index contributed by atoms with van der Waals surface area (Å²) in [7, 11) is -3.38. The van der Waals surface area contributed by atoms with Crippen molar-refractivity contribution in [2.45, 2.75) is 88.8 Å². The van der Waals surface area contributed by atoms with E-state index in [-0.39, 0.29) is 40.8 Å². The summed E-state index contributed by atoms with van der Waals surface area (Å²) in [5.74, 6) is 0.191. The maximum atomic E-state index is 14.8. The van der Waals surface area contributed by atoms with Crippen LogP contribution in [0.2, 0.25) is 0 Å². The predicted molar refractivity (Wildman–Crippen MR) is 128 cm³/mol. The zero-order valence-corrected chi connectivity index (χ0v) is 21.1. The number of anilines is 2. The zero-order chi connectivity index (χ0) is 24.8. The van der Waals surface area contributed by atoms with Gasteiger partial charge in [-0.15, -0.1) is 0 Å². The van der Waals surface area contributed by atoms with Gasteiger partial charge < -0.3 is 15.4 Å². The molecule has 4 rings (SSSR count). The summed E-state index contributed by atoms with van der Waals surface area (Å²) in [6.07, 6.45) is 1.92. The van der Waals surface area contributed by atoms with Crippen LogP contribution in [0.1, 0.15) is 71.1 Å². The average molecular weight is 493 g/mol. The van der Waals surface area contributed by atoms with E-state index >= 15 is 0 Å². The summed E-state index contributed by atoms with van der Waals surface area (Å²) in [5, 5.41) is 10.7. The number of nitrogens with one attached hydrogen (secondary N) is 2. The van der Waals surface area contributed by atoms with Gasteiger partial charge in [-0.25, -0.2) is 22.3 Å². The lowest BCUT2D eigenvalue weighted by Gasteiger charge is -2.23. The van der Waals surface area contributed by atoms with Crippen molar-refractivity contribution < 1.29 is 22.3 Å². The molecule has 0 bridgehead atoms. The van der Waals surface area contributed by atoms with Gasteiger partial charge in [-0.05, 0) is 78.0 Å². The first-order valence-corrected chi connectivity index (χ1v) is 13.4. The minimum Gasteiger partial charge on any atom is -0.446 e. The number of halogens is 1. The third-order valence-corrected chi connectivity index (χ3v) is 8.07. The molecule has 2 atom stereocenters. The quantitative estimate of drug-likeness (QED) is 0.591. The van der Waals surface area contributed by atoms with Crippen LogP contribution in [-0.4, -0.2) is 42.2 Å². The van der Waals surface area contributed by atoms with Crippen LogP contribution in [0.4, 0.5) is 20.7 Å². The minimum absolute atomic E-state index is 0.00985. The number of carbonyl (C=O) groups excluding carboxylic acids is 1. The highest BCUT2D eigenvalue weighted by Crippen LogP contribution is 2.40. The molecule has 0 unspecified atom stereocenters. The number of carbonyl (C=O) groups is 1. The smallest absolute Gasteiger partial charge is 0.407 e. The molecule has 34 heavy (non-hydrogen) atoms. The second-order valence-corrected chi connectivity index (χ2v) is 12.5. The summed E-state index contributed by atoms with van der Waals surface area (Å²) >= 11 is 0. The fraction of sp³-hybridized carbons (Fsp3) is 0.583. The molecule has 1 aliphatic carbocycles. The largest absolute Gasteiger partial charge is 0.446 e. The molecule has 2 N–H and O–H groups in total. The average Bonchev–Trinajstić information content (AvgIpc) is 3.40. The normalized spacial score (nSPS) is 21.5. The Morgan fingerprint density at radius 3 is 2.68 bits per heavy atom. The van der Waals surface area contributed by atoms with Gasteiger partial charge in [0, 0.05) is 18.0 Å². The molecule has 10 heteroatoms. The molecule has 1 amide bonds. The van der Waals surface area contributed by atoms with E-state index < -0.39 is 27.3 Å². The van der Waals surface area contributed by atoms with Crippen molar-refractivity contribution in [3.63, 3.8) is 0 Å². The number of sulfone groups is 1. The Morgan fingerprint density at radius 1 is 1.26 bits per heavy atom. The number of hydrogen-bond donors (Lipinski definition) is 2. The van der Waals surface area contributed by atoms with Crippen LogP contribution in [-0.2, 0) is 26.5 Å². The molecule has 0 saturated heterocycles. The van der Waals surface area contributed by atoms with E-state index in [1.54, 1.807) is 0 Å². The molecule has 1 aromatic heterocycles. The van der Waals surface area contributed by atoms with E-state index in [0.29, 0.717) is 17.8 Å². The molecule has 2 heterocycles. The third-order valence-electron chi connectivity index (χ3n) is 6.27. The van der Waals surface area contributed by atoms with Crippen LogP contribution < -0.4 is 10.6 Å². The van der Waals surface area contributed by atoms with Crippen LogP contribution in [0.5, 0.6) is 0 Å². The number of rotatable bonds is 5. The van der Waals surface area contributed by atoms with E-state index in [1.807, 2.05) is 45.4 Å². The molecule has 1 fully saturated rings. The van der Waals surface area contributed by atoms with Crippen molar-refractivity contribution in [1.29, 1.82) is 0 Å². The molecule has 0 radical (unpaired) electrons. The Balaban J connectivity index is 1.60. The number of amides is 1. The topological polar surface area (TPSA) is 102 Å². The highest BCUT2D eigenvalue weighted by Gasteiger charge is 2.34. The van der Waals surface area contributed by atoms with Gasteiger partial charge in [-0.1, -0.05) is 0 Å². The Hall–Kier alpha value is -2.62. The lowest BCUT2D eigenvalue weighted by molar-refractivity contribution is 0.0981. The van der Waals surface area contributed by atoms with E-state index in [0.717, 1.165) is 18.5 Å². The molecule has 8 nitrogen and oxygen atoms in total. The van der Waals surface area contributed by atoms with E-state index in [9.17, 15) is 17.6 Å². The Labute approximate surface area is 200 Å². The van der Waals surface area contributed by atoms with Gasteiger partial charge >= 0.3 is 6.09 Å². The van der Waals surface area contributed by atoms with Crippen molar-refractivity contribution in [2.24, 2.45) is 0 Å². The van der Waals surface area contributed by atoms with Crippen LogP contribution in [0, 0.1) is 5.82 Å². The van der Waals surface area contributed by atoms with Gasteiger partial charge in [-0.3, -0.25) is 0 Å². The number of ether oxygens (including phenoxy) is 1. The Morgan fingerprint density at radius 2 is 2.00 bits per heavy atom. The monoisotopic (exact) mass is 492 g/mol. The molecule has 0 spiro atoms. The highest BCUT2D eigenvalue weighted by molar-refractivity contribution is 7.91. The van der Waals surface area contributed by atoms with Crippen LogP contribution in [0.15, 0.2) is 23.1 Å². The highest BCUT2D eigenvalue weighted by atomic mass is 32.2. The summed E-state index contributed by atoms with van der Waals surface area (Å²) in [4.78, 5) is 12.2. The van der Waals surface area contributed by atoms with Crippen molar-refractivity contribution >= 4 is 27.4 Å². The number of aromatic nitrogens is 2. The van der Waals surface area contributed by atoms with Crippen molar-refractivity contribution in [1.82, 2.24) is 15.1 Å². The van der Waals surface area contributed by atoms with Crippen LogP contribution in [0.3, 0.4) is 0 Å². The van der Waals surface area contributed by atoms with Crippen LogP contribution in [0.25, 0.3) is 0 Å². The first-order valence-electron chi connectivity index (χ1n) is 11.7. The van der Waals surface area contributed by atoms with E-state index in [4.69, 9.17) is 9.84 Å². The predicted octanol–water partition coefficient (Wildman–Crippen LogP) is 4.62. The number of fused-ring (bicyclic) bond motifs is 1. The third kappa shape index (κ3) is 4.92. The Kier molecular flexibility index (Phi) is 6.39.